The molecule has 1 unspecified atom stereocenters. The van der Waals surface area contributed by atoms with Gasteiger partial charge in [-0.15, -0.1) is 0 Å². The van der Waals surface area contributed by atoms with Crippen LogP contribution in [-0.2, 0) is 6.42 Å². The van der Waals surface area contributed by atoms with Crippen LogP contribution in [0.2, 0.25) is 0 Å². The molecule has 0 aliphatic carbocycles. The summed E-state index contributed by atoms with van der Waals surface area (Å²) in [5.41, 5.74) is 5.97. The summed E-state index contributed by atoms with van der Waals surface area (Å²) in [6, 6.07) is 14.8. The van der Waals surface area contributed by atoms with E-state index < -0.39 is 6.04 Å². The van der Waals surface area contributed by atoms with Gasteiger partial charge in [0.1, 0.15) is 17.1 Å². The number of hydrogen-bond donors (Lipinski definition) is 2. The number of phenols is 1. The van der Waals surface area contributed by atoms with E-state index in [0.29, 0.717) is 66.1 Å². The number of nitrogens with zero attached hydrogens (tertiary/aromatic N) is 2. The fourth-order valence-electron chi connectivity index (χ4n) is 5.74. The number of nitrogens with one attached hydrogen (secondary N) is 1. The molecule has 4 aromatic rings. The first-order chi connectivity index (χ1) is 20.3. The molecule has 42 heavy (non-hydrogen) atoms. The summed E-state index contributed by atoms with van der Waals surface area (Å²) in [5.74, 6) is 2.49. The van der Waals surface area contributed by atoms with Crippen molar-refractivity contribution < 1.29 is 28.8 Å². The van der Waals surface area contributed by atoms with Gasteiger partial charge in [-0.25, -0.2) is 0 Å². The van der Waals surface area contributed by atoms with Crippen molar-refractivity contribution in [2.75, 3.05) is 34.0 Å². The van der Waals surface area contributed by atoms with Gasteiger partial charge in [-0.2, -0.15) is 5.10 Å². The molecule has 0 fully saturated rings. The van der Waals surface area contributed by atoms with Crippen LogP contribution in [0.25, 0.3) is 11.3 Å². The second-order valence-corrected chi connectivity index (χ2v) is 10.2. The highest BCUT2D eigenvalue weighted by molar-refractivity contribution is 6.00. The van der Waals surface area contributed by atoms with Crippen molar-refractivity contribution in [1.29, 1.82) is 0 Å². The number of ether oxygens (including phenoxy) is 4. The molecule has 0 saturated heterocycles. The highest BCUT2D eigenvalue weighted by Gasteiger charge is 2.43. The predicted octanol–water partition coefficient (Wildman–Crippen LogP) is 6.00. The van der Waals surface area contributed by atoms with Crippen LogP contribution in [0, 0.1) is 13.8 Å². The van der Waals surface area contributed by atoms with E-state index in [1.807, 2.05) is 75.1 Å². The predicted molar refractivity (Wildman–Crippen MR) is 160 cm³/mol. The zero-order valence-corrected chi connectivity index (χ0v) is 24.9. The number of carbonyl (C=O) groups is 1. The van der Waals surface area contributed by atoms with Crippen molar-refractivity contribution in [2.24, 2.45) is 0 Å². The third kappa shape index (κ3) is 5.22. The van der Waals surface area contributed by atoms with Gasteiger partial charge in [-0.3, -0.25) is 9.89 Å². The highest BCUT2D eigenvalue weighted by Crippen LogP contribution is 2.47. The molecule has 9 nitrogen and oxygen atoms in total. The number of fused-ring (bicyclic) bond motifs is 1. The fourth-order valence-corrected chi connectivity index (χ4v) is 5.74. The van der Waals surface area contributed by atoms with Crippen LogP contribution in [0.3, 0.4) is 0 Å². The van der Waals surface area contributed by atoms with E-state index in [1.54, 1.807) is 20.3 Å². The maximum atomic E-state index is 14.0. The van der Waals surface area contributed by atoms with Gasteiger partial charge in [-0.1, -0.05) is 18.2 Å². The first kappa shape index (κ1) is 28.9. The van der Waals surface area contributed by atoms with Crippen LogP contribution in [0.15, 0.2) is 48.5 Å². The molecule has 1 atom stereocenters. The molecule has 0 bridgehead atoms. The fraction of sp³-hybridized carbons (Fsp3) is 0.333. The Hall–Kier alpha value is -4.66. The number of aromatic nitrogens is 2. The van der Waals surface area contributed by atoms with E-state index in [1.165, 1.54) is 0 Å². The molecule has 2 heterocycles. The number of methoxy groups -OCH3 is 2. The molecule has 2 N–H and O–H groups in total. The third-order valence-corrected chi connectivity index (χ3v) is 7.53. The highest BCUT2D eigenvalue weighted by atomic mass is 16.5. The molecule has 1 aliphatic heterocycles. The van der Waals surface area contributed by atoms with Gasteiger partial charge in [0.25, 0.3) is 5.91 Å². The topological polar surface area (TPSA) is 106 Å². The first-order valence-electron chi connectivity index (χ1n) is 14.1. The summed E-state index contributed by atoms with van der Waals surface area (Å²) in [5, 5.41) is 18.6. The Labute approximate surface area is 246 Å². The summed E-state index contributed by atoms with van der Waals surface area (Å²) >= 11 is 0. The molecule has 3 aromatic carbocycles. The Bertz CT molecular complexity index is 1590. The molecule has 1 aromatic heterocycles. The van der Waals surface area contributed by atoms with E-state index in [4.69, 9.17) is 18.9 Å². The quantitative estimate of drug-likeness (QED) is 0.227. The Morgan fingerprint density at radius 3 is 2.31 bits per heavy atom. The molecule has 0 saturated carbocycles. The number of aromatic amines is 1. The minimum absolute atomic E-state index is 0.124. The smallest absolute Gasteiger partial charge is 0.273 e. The number of carbonyl (C=O) groups excluding carboxylic acids is 1. The van der Waals surface area contributed by atoms with Crippen molar-refractivity contribution in [1.82, 2.24) is 15.1 Å². The largest absolute Gasteiger partial charge is 0.507 e. The van der Waals surface area contributed by atoms with Gasteiger partial charge < -0.3 is 29.0 Å². The zero-order chi connectivity index (χ0) is 30.0. The number of H-pyrrole nitrogens is 1. The molecular weight excluding hydrogens is 534 g/mol. The maximum Gasteiger partial charge on any atom is 0.273 e. The Balaban J connectivity index is 1.61. The molecule has 1 amide bonds. The van der Waals surface area contributed by atoms with Gasteiger partial charge >= 0.3 is 0 Å². The number of hydrogen-bond acceptors (Lipinski definition) is 7. The first-order valence-corrected chi connectivity index (χ1v) is 14.1. The van der Waals surface area contributed by atoms with E-state index >= 15 is 0 Å². The van der Waals surface area contributed by atoms with Crippen LogP contribution in [0.1, 0.15) is 58.2 Å². The molecule has 5 rings (SSSR count). The SMILES string of the molecule is CCOc1ccc(C2c3c(-c4c(C)cc(C)cc4O)n[nH]c3C(=O)N2CCc2ccc(OC)c(OC)c2)cc1OCC. The van der Waals surface area contributed by atoms with Gasteiger partial charge in [0.05, 0.1) is 33.5 Å². The zero-order valence-electron chi connectivity index (χ0n) is 24.9. The Kier molecular flexibility index (Phi) is 8.29. The second-order valence-electron chi connectivity index (χ2n) is 10.2. The van der Waals surface area contributed by atoms with Crippen LogP contribution < -0.4 is 18.9 Å². The van der Waals surface area contributed by atoms with E-state index in [9.17, 15) is 9.90 Å². The maximum absolute atomic E-state index is 14.0. The number of phenolic OH excluding ortho intramolecular Hbond substituents is 1. The second kappa shape index (κ2) is 12.1. The van der Waals surface area contributed by atoms with Gasteiger partial charge in [0, 0.05) is 17.7 Å². The number of aryl methyl sites for hydroxylation is 2. The number of benzene rings is 3. The normalized spacial score (nSPS) is 14.2. The lowest BCUT2D eigenvalue weighted by atomic mass is 9.93. The van der Waals surface area contributed by atoms with Gasteiger partial charge in [-0.05, 0) is 86.7 Å². The molecule has 0 radical (unpaired) electrons. The monoisotopic (exact) mass is 571 g/mol. The van der Waals surface area contributed by atoms with Gasteiger partial charge in [0.15, 0.2) is 23.0 Å². The average molecular weight is 572 g/mol. The summed E-state index contributed by atoms with van der Waals surface area (Å²) in [6.45, 7) is 9.12. The van der Waals surface area contributed by atoms with Crippen molar-refractivity contribution in [3.8, 4) is 40.0 Å². The minimum Gasteiger partial charge on any atom is -0.507 e. The van der Waals surface area contributed by atoms with E-state index in [2.05, 4.69) is 10.2 Å². The van der Waals surface area contributed by atoms with Crippen LogP contribution in [0.4, 0.5) is 0 Å². The molecule has 0 spiro atoms. The van der Waals surface area contributed by atoms with E-state index in [-0.39, 0.29) is 11.7 Å². The summed E-state index contributed by atoms with van der Waals surface area (Å²) in [4.78, 5) is 15.8. The average Bonchev–Trinajstić information content (AvgIpc) is 3.50. The summed E-state index contributed by atoms with van der Waals surface area (Å²) in [6.07, 6.45) is 0.583. The van der Waals surface area contributed by atoms with Crippen molar-refractivity contribution in [3.05, 3.63) is 82.0 Å². The Morgan fingerprint density at radius 2 is 1.62 bits per heavy atom. The standard InChI is InChI=1S/C33H37N3O6/c1-7-41-25-12-10-22(18-27(25)42-8-2)32-29-30(28-20(4)15-19(3)16-23(28)37)34-35-31(29)33(38)36(32)14-13-21-9-11-24(39-5)26(17-21)40-6/h9-12,15-18,32,37H,7-8,13-14H2,1-6H3,(H,34,35). The number of aromatic hydroxyl groups is 1. The lowest BCUT2D eigenvalue weighted by Gasteiger charge is -2.27. The molecule has 1 aliphatic rings. The summed E-state index contributed by atoms with van der Waals surface area (Å²) < 4.78 is 22.6. The summed E-state index contributed by atoms with van der Waals surface area (Å²) in [7, 11) is 3.21. The van der Waals surface area contributed by atoms with Crippen LogP contribution in [-0.4, -0.2) is 60.1 Å². The lowest BCUT2D eigenvalue weighted by molar-refractivity contribution is 0.0745. The lowest BCUT2D eigenvalue weighted by Crippen LogP contribution is -2.31. The molecule has 9 heteroatoms. The molecule has 220 valence electrons. The Morgan fingerprint density at radius 1 is 0.905 bits per heavy atom. The van der Waals surface area contributed by atoms with Gasteiger partial charge in [0.2, 0.25) is 0 Å². The molecular formula is C33H37N3O6. The minimum atomic E-state index is -0.476. The third-order valence-electron chi connectivity index (χ3n) is 7.53. The number of rotatable bonds is 11. The van der Waals surface area contributed by atoms with Crippen LogP contribution in [0.5, 0.6) is 28.7 Å². The van der Waals surface area contributed by atoms with E-state index in [0.717, 1.165) is 27.8 Å². The van der Waals surface area contributed by atoms with Crippen LogP contribution >= 0.6 is 0 Å². The van der Waals surface area contributed by atoms with Crippen molar-refractivity contribution in [2.45, 2.75) is 40.2 Å². The van der Waals surface area contributed by atoms with Crippen molar-refractivity contribution in [3.63, 3.8) is 0 Å². The number of amides is 1. The van der Waals surface area contributed by atoms with Crippen molar-refractivity contribution >= 4 is 5.91 Å².